The molecule has 7 nitrogen and oxygen atoms in total. The van der Waals surface area contributed by atoms with Gasteiger partial charge in [-0.2, -0.15) is 18.3 Å². The van der Waals surface area contributed by atoms with Gasteiger partial charge in [-0.3, -0.25) is 9.48 Å². The highest BCUT2D eigenvalue weighted by Gasteiger charge is 2.37. The molecule has 0 saturated carbocycles. The maximum absolute atomic E-state index is 13.2. The minimum Gasteiger partial charge on any atom is -0.478 e. The molecule has 1 atom stereocenters. The number of halogens is 3. The van der Waals surface area contributed by atoms with Gasteiger partial charge in [0.15, 0.2) is 0 Å². The first kappa shape index (κ1) is 18.9. The highest BCUT2D eigenvalue weighted by Crippen LogP contribution is 2.36. The van der Waals surface area contributed by atoms with Crippen molar-refractivity contribution in [2.24, 2.45) is 0 Å². The number of amides is 1. The van der Waals surface area contributed by atoms with Crippen LogP contribution in [-0.2, 0) is 17.5 Å². The van der Waals surface area contributed by atoms with Crippen molar-refractivity contribution in [3.63, 3.8) is 0 Å². The molecule has 10 heteroatoms. The first-order chi connectivity index (χ1) is 12.6. The molecular weight excluding hydrogens is 367 g/mol. The van der Waals surface area contributed by atoms with Gasteiger partial charge in [0.1, 0.15) is 11.3 Å². The molecule has 0 unspecified atom stereocenters. The molecule has 0 spiro atoms. The molecule has 0 saturated heterocycles. The van der Waals surface area contributed by atoms with Gasteiger partial charge >= 0.3 is 12.1 Å². The first-order valence-electron chi connectivity index (χ1n) is 7.97. The molecule has 2 aromatic rings. The van der Waals surface area contributed by atoms with E-state index in [1.807, 2.05) is 0 Å². The van der Waals surface area contributed by atoms with Gasteiger partial charge in [-0.15, -0.1) is 0 Å². The fourth-order valence-corrected chi connectivity index (χ4v) is 3.14. The van der Waals surface area contributed by atoms with E-state index >= 15 is 0 Å². The lowest BCUT2D eigenvalue weighted by molar-refractivity contribution is -0.138. The number of anilines is 1. The number of aromatic carboxylic acids is 1. The van der Waals surface area contributed by atoms with E-state index in [9.17, 15) is 27.9 Å². The van der Waals surface area contributed by atoms with Crippen LogP contribution in [0.25, 0.3) is 0 Å². The number of fused-ring (bicyclic) bond motifs is 1. The number of benzene rings is 1. The maximum Gasteiger partial charge on any atom is 0.416 e. The van der Waals surface area contributed by atoms with Gasteiger partial charge in [-0.05, 0) is 30.7 Å². The van der Waals surface area contributed by atoms with Crippen molar-refractivity contribution in [1.29, 1.82) is 0 Å². The van der Waals surface area contributed by atoms with Crippen LogP contribution in [0, 0.1) is 0 Å². The Morgan fingerprint density at radius 3 is 2.70 bits per heavy atom. The second kappa shape index (κ2) is 6.69. The highest BCUT2D eigenvalue weighted by atomic mass is 19.4. The number of methoxy groups -OCH3 is 1. The lowest BCUT2D eigenvalue weighted by atomic mass is 10.0. The molecule has 1 aliphatic heterocycles. The molecule has 1 aromatic heterocycles. The average molecular weight is 383 g/mol. The van der Waals surface area contributed by atoms with E-state index in [0.717, 1.165) is 12.3 Å². The van der Waals surface area contributed by atoms with Crippen molar-refractivity contribution in [3.05, 3.63) is 46.8 Å². The lowest BCUT2D eigenvalue weighted by Crippen LogP contribution is -2.43. The van der Waals surface area contributed by atoms with Crippen LogP contribution in [0.5, 0.6) is 0 Å². The second-order valence-electron chi connectivity index (χ2n) is 6.19. The molecule has 3 rings (SSSR count). The fraction of sp³-hybridized carbons (Fsp3) is 0.353. The summed E-state index contributed by atoms with van der Waals surface area (Å²) in [7, 11) is 1.28. The number of nitrogens with zero attached hydrogens (tertiary/aromatic N) is 3. The molecule has 144 valence electrons. The van der Waals surface area contributed by atoms with Crippen molar-refractivity contribution in [2.45, 2.75) is 25.7 Å². The van der Waals surface area contributed by atoms with Crippen molar-refractivity contribution >= 4 is 17.6 Å². The van der Waals surface area contributed by atoms with Crippen LogP contribution < -0.4 is 4.90 Å². The van der Waals surface area contributed by atoms with Crippen molar-refractivity contribution in [2.75, 3.05) is 18.6 Å². The summed E-state index contributed by atoms with van der Waals surface area (Å²) in [5, 5.41) is 13.2. The van der Waals surface area contributed by atoms with Crippen molar-refractivity contribution in [3.8, 4) is 0 Å². The summed E-state index contributed by atoms with van der Waals surface area (Å²) < 4.78 is 45.7. The van der Waals surface area contributed by atoms with Crippen LogP contribution in [-0.4, -0.2) is 40.4 Å². The van der Waals surface area contributed by atoms with Crippen molar-refractivity contribution < 1.29 is 32.6 Å². The zero-order valence-corrected chi connectivity index (χ0v) is 14.4. The smallest absolute Gasteiger partial charge is 0.416 e. The third-order valence-electron chi connectivity index (χ3n) is 4.34. The van der Waals surface area contributed by atoms with Gasteiger partial charge < -0.3 is 14.7 Å². The Kier molecular flexibility index (Phi) is 4.68. The Balaban J connectivity index is 2.06. The summed E-state index contributed by atoms with van der Waals surface area (Å²) in [5.41, 5.74) is -1.08. The molecule has 1 amide bonds. The third kappa shape index (κ3) is 3.27. The van der Waals surface area contributed by atoms with Gasteiger partial charge in [0.25, 0.3) is 5.91 Å². The van der Waals surface area contributed by atoms with E-state index in [4.69, 9.17) is 4.74 Å². The number of ether oxygens (including phenoxy) is 1. The molecule has 1 N–H and O–H groups in total. The van der Waals surface area contributed by atoms with Crippen LogP contribution in [0.15, 0.2) is 24.4 Å². The number of hydrogen-bond acceptors (Lipinski definition) is 4. The van der Waals surface area contributed by atoms with Gasteiger partial charge in [-0.1, -0.05) is 0 Å². The lowest BCUT2D eigenvalue weighted by Gasteiger charge is -2.32. The van der Waals surface area contributed by atoms with Crippen LogP contribution in [0.4, 0.5) is 18.9 Å². The number of carboxylic acid groups (broad SMARTS) is 1. The third-order valence-corrected chi connectivity index (χ3v) is 4.34. The predicted octanol–water partition coefficient (Wildman–Crippen LogP) is 2.97. The molecule has 27 heavy (non-hydrogen) atoms. The molecule has 1 aromatic carbocycles. The minimum absolute atomic E-state index is 0.102. The molecule has 0 fully saturated rings. The topological polar surface area (TPSA) is 84.7 Å². The van der Waals surface area contributed by atoms with Gasteiger partial charge in [0.05, 0.1) is 24.4 Å². The minimum atomic E-state index is -4.55. The summed E-state index contributed by atoms with van der Waals surface area (Å²) in [6, 6.07) is 2.98. The number of carbonyl (C=O) groups is 2. The average Bonchev–Trinajstić information content (AvgIpc) is 3.03. The fourth-order valence-electron chi connectivity index (χ4n) is 3.14. The number of hydrogen-bond donors (Lipinski definition) is 1. The monoisotopic (exact) mass is 383 g/mol. The zero-order chi connectivity index (χ0) is 19.9. The van der Waals surface area contributed by atoms with Crippen LogP contribution >= 0.6 is 0 Å². The molecule has 0 aliphatic carbocycles. The van der Waals surface area contributed by atoms with E-state index in [-0.39, 0.29) is 41.7 Å². The first-order valence-corrected chi connectivity index (χ1v) is 7.97. The quantitative estimate of drug-likeness (QED) is 0.878. The van der Waals surface area contributed by atoms with Gasteiger partial charge in [-0.25, -0.2) is 4.79 Å². The van der Waals surface area contributed by atoms with E-state index in [1.165, 1.54) is 28.8 Å². The van der Waals surface area contributed by atoms with E-state index < -0.39 is 23.6 Å². The predicted molar refractivity (Wildman–Crippen MR) is 87.7 cm³/mol. The van der Waals surface area contributed by atoms with Crippen molar-refractivity contribution in [1.82, 2.24) is 9.78 Å². The summed E-state index contributed by atoms with van der Waals surface area (Å²) in [5.74, 6) is -1.93. The largest absolute Gasteiger partial charge is 0.478 e. The maximum atomic E-state index is 13.2. The summed E-state index contributed by atoms with van der Waals surface area (Å²) in [6.07, 6.45) is -3.46. The zero-order valence-electron chi connectivity index (χ0n) is 14.4. The number of aromatic nitrogens is 2. The normalized spacial score (nSPS) is 17.1. The van der Waals surface area contributed by atoms with E-state index in [0.29, 0.717) is 0 Å². The van der Waals surface area contributed by atoms with Crippen LogP contribution in [0.2, 0.25) is 0 Å². The number of alkyl halides is 3. The molecule has 2 heterocycles. The Hall–Kier alpha value is -2.88. The number of carboxylic acids is 1. The van der Waals surface area contributed by atoms with Crippen LogP contribution in [0.1, 0.15) is 44.9 Å². The standard InChI is InChI=1S/C17H16F3N3O4/c1-9-7-22(15(24)14-12(16(25)26)6-21-23(9)14)11-3-4-13(17(18,19)20)10(5-11)8-27-2/h3-6,9H,7-8H2,1-2H3,(H,25,26)/t9-/m0/s1. The highest BCUT2D eigenvalue weighted by molar-refractivity contribution is 6.11. The molecule has 0 radical (unpaired) electrons. The number of carbonyl (C=O) groups excluding carboxylic acids is 1. The van der Waals surface area contributed by atoms with Gasteiger partial charge in [0, 0.05) is 19.3 Å². The number of rotatable bonds is 4. The Bertz CT molecular complexity index is 907. The van der Waals surface area contributed by atoms with Gasteiger partial charge in [0.2, 0.25) is 0 Å². The molecule has 1 aliphatic rings. The summed E-state index contributed by atoms with van der Waals surface area (Å²) in [6.45, 7) is 1.60. The Labute approximate surface area is 151 Å². The van der Waals surface area contributed by atoms with E-state index in [2.05, 4.69) is 5.10 Å². The molecular formula is C17H16F3N3O4. The SMILES string of the molecule is COCc1cc(N2C[C@H](C)n3ncc(C(=O)O)c3C2=O)ccc1C(F)(F)F. The van der Waals surface area contributed by atoms with Crippen LogP contribution in [0.3, 0.4) is 0 Å². The second-order valence-corrected chi connectivity index (χ2v) is 6.19. The van der Waals surface area contributed by atoms with E-state index in [1.54, 1.807) is 6.92 Å². The molecule has 0 bridgehead atoms. The summed E-state index contributed by atoms with van der Waals surface area (Å²) >= 11 is 0. The Morgan fingerprint density at radius 1 is 1.41 bits per heavy atom. The summed E-state index contributed by atoms with van der Waals surface area (Å²) in [4.78, 5) is 25.5. The Morgan fingerprint density at radius 2 is 2.11 bits per heavy atom.